The molecule has 0 saturated carbocycles. The first kappa shape index (κ1) is 20.1. The summed E-state index contributed by atoms with van der Waals surface area (Å²) in [4.78, 5) is 30.8. The zero-order valence-electron chi connectivity index (χ0n) is 17.2. The predicted molar refractivity (Wildman–Crippen MR) is 121 cm³/mol. The summed E-state index contributed by atoms with van der Waals surface area (Å²) in [6.45, 7) is 1.82. The normalized spacial score (nSPS) is 11.4. The Morgan fingerprint density at radius 3 is 2.35 bits per heavy atom. The van der Waals surface area contributed by atoms with E-state index >= 15 is 0 Å². The fraction of sp³-hybridized carbons (Fsp3) is 0.0800. The Bertz CT molecular complexity index is 1270. The number of ketones is 1. The van der Waals surface area contributed by atoms with Crippen LogP contribution in [0.5, 0.6) is 0 Å². The van der Waals surface area contributed by atoms with Gasteiger partial charge in [-0.3, -0.25) is 9.59 Å². The molecule has 0 aliphatic heterocycles. The summed E-state index contributed by atoms with van der Waals surface area (Å²) in [5.74, 6) is -1.30. The van der Waals surface area contributed by atoms with Crippen molar-refractivity contribution in [3.63, 3.8) is 0 Å². The molecule has 31 heavy (non-hydrogen) atoms. The van der Waals surface area contributed by atoms with E-state index in [0.29, 0.717) is 22.7 Å². The van der Waals surface area contributed by atoms with E-state index in [9.17, 15) is 9.59 Å². The van der Waals surface area contributed by atoms with Gasteiger partial charge in [0.05, 0.1) is 5.71 Å². The van der Waals surface area contributed by atoms with E-state index in [2.05, 4.69) is 10.5 Å². The van der Waals surface area contributed by atoms with Gasteiger partial charge in [-0.2, -0.15) is 0 Å². The molecule has 0 bridgehead atoms. The highest BCUT2D eigenvalue weighted by molar-refractivity contribution is 6.47. The SMILES string of the molecule is CON=C(C)c1ccc(NC(=O)C(=O)c2c(-c3ccccc3)cc3ccccn23)cc1. The van der Waals surface area contributed by atoms with Crippen molar-refractivity contribution >= 4 is 28.6 Å². The largest absolute Gasteiger partial charge is 0.399 e. The number of nitrogens with zero attached hydrogens (tertiary/aromatic N) is 2. The van der Waals surface area contributed by atoms with Gasteiger partial charge in [0.15, 0.2) is 0 Å². The van der Waals surface area contributed by atoms with Crippen LogP contribution < -0.4 is 5.32 Å². The van der Waals surface area contributed by atoms with Gasteiger partial charge in [-0.1, -0.05) is 53.7 Å². The van der Waals surface area contributed by atoms with E-state index in [1.54, 1.807) is 34.9 Å². The molecule has 2 aromatic heterocycles. The number of hydrogen-bond acceptors (Lipinski definition) is 4. The standard InChI is InChI=1S/C25H21N3O3/c1-17(27-31-2)18-11-13-20(14-12-18)26-25(30)24(29)23-22(19-8-4-3-5-9-19)16-21-10-6-7-15-28(21)23/h3-16H,1-2H3,(H,26,30). The molecule has 4 aromatic rings. The van der Waals surface area contributed by atoms with Gasteiger partial charge in [0.1, 0.15) is 12.8 Å². The Morgan fingerprint density at radius 1 is 0.935 bits per heavy atom. The van der Waals surface area contributed by atoms with Gasteiger partial charge in [-0.15, -0.1) is 0 Å². The van der Waals surface area contributed by atoms with Crippen LogP contribution in [-0.2, 0) is 9.63 Å². The average Bonchev–Trinajstić information content (AvgIpc) is 3.19. The quantitative estimate of drug-likeness (QED) is 0.214. The average molecular weight is 411 g/mol. The zero-order chi connectivity index (χ0) is 21.8. The van der Waals surface area contributed by atoms with Gasteiger partial charge >= 0.3 is 0 Å². The maximum atomic E-state index is 13.2. The molecule has 0 aliphatic carbocycles. The number of carbonyl (C=O) groups is 2. The summed E-state index contributed by atoms with van der Waals surface area (Å²) in [6.07, 6.45) is 1.79. The van der Waals surface area contributed by atoms with Crippen LogP contribution in [0.2, 0.25) is 0 Å². The van der Waals surface area contributed by atoms with Crippen LogP contribution in [0.15, 0.2) is 90.2 Å². The minimum atomic E-state index is -0.698. The monoisotopic (exact) mass is 411 g/mol. The summed E-state index contributed by atoms with van der Waals surface area (Å²) in [5.41, 5.74) is 4.86. The number of pyridine rings is 1. The van der Waals surface area contributed by atoms with E-state index in [1.165, 1.54) is 7.11 Å². The number of anilines is 1. The number of carbonyl (C=O) groups excluding carboxylic acids is 2. The Hall–Kier alpha value is -4.19. The van der Waals surface area contributed by atoms with Crippen molar-refractivity contribution < 1.29 is 14.4 Å². The molecule has 0 saturated heterocycles. The highest BCUT2D eigenvalue weighted by Gasteiger charge is 2.24. The van der Waals surface area contributed by atoms with Crippen molar-refractivity contribution in [1.82, 2.24) is 4.40 Å². The van der Waals surface area contributed by atoms with Crippen molar-refractivity contribution in [2.24, 2.45) is 5.16 Å². The van der Waals surface area contributed by atoms with Crippen LogP contribution >= 0.6 is 0 Å². The molecule has 0 spiro atoms. The number of hydrogen-bond donors (Lipinski definition) is 1. The minimum Gasteiger partial charge on any atom is -0.399 e. The van der Waals surface area contributed by atoms with Gasteiger partial charge in [0, 0.05) is 23.0 Å². The Kier molecular flexibility index (Phi) is 5.62. The summed E-state index contributed by atoms with van der Waals surface area (Å²) in [5, 5.41) is 6.59. The number of nitrogens with one attached hydrogen (secondary N) is 1. The minimum absolute atomic E-state index is 0.332. The molecule has 0 atom stereocenters. The third-order valence-corrected chi connectivity index (χ3v) is 4.97. The third-order valence-electron chi connectivity index (χ3n) is 4.97. The third kappa shape index (κ3) is 4.09. The second-order valence-electron chi connectivity index (χ2n) is 6.99. The lowest BCUT2D eigenvalue weighted by atomic mass is 10.0. The molecule has 0 unspecified atom stereocenters. The van der Waals surface area contributed by atoms with E-state index in [4.69, 9.17) is 4.84 Å². The molecule has 4 rings (SSSR count). The van der Waals surface area contributed by atoms with E-state index in [1.807, 2.05) is 61.5 Å². The highest BCUT2D eigenvalue weighted by atomic mass is 16.6. The van der Waals surface area contributed by atoms with Crippen molar-refractivity contribution in [1.29, 1.82) is 0 Å². The number of aromatic nitrogens is 1. The molecule has 2 heterocycles. The molecule has 0 aliphatic rings. The summed E-state index contributed by atoms with van der Waals surface area (Å²) in [6, 6.07) is 24.2. The lowest BCUT2D eigenvalue weighted by Crippen LogP contribution is -2.24. The van der Waals surface area contributed by atoms with Crippen molar-refractivity contribution in [3.05, 3.63) is 96.3 Å². The molecule has 0 radical (unpaired) electrons. The van der Waals surface area contributed by atoms with Crippen LogP contribution in [0.1, 0.15) is 23.0 Å². The maximum Gasteiger partial charge on any atom is 0.298 e. The van der Waals surface area contributed by atoms with E-state index in [0.717, 1.165) is 16.6 Å². The van der Waals surface area contributed by atoms with Gasteiger partial charge in [0.2, 0.25) is 0 Å². The van der Waals surface area contributed by atoms with Gasteiger partial charge in [0.25, 0.3) is 11.7 Å². The first-order valence-electron chi connectivity index (χ1n) is 9.78. The number of Topliss-reactive ketones (excluding diaryl/α,β-unsaturated/α-hetero) is 1. The first-order valence-corrected chi connectivity index (χ1v) is 9.78. The molecule has 0 fully saturated rings. The Morgan fingerprint density at radius 2 is 1.65 bits per heavy atom. The van der Waals surface area contributed by atoms with Crippen molar-refractivity contribution in [2.75, 3.05) is 12.4 Å². The fourth-order valence-electron chi connectivity index (χ4n) is 3.47. The van der Waals surface area contributed by atoms with Crippen molar-refractivity contribution in [3.8, 4) is 11.1 Å². The van der Waals surface area contributed by atoms with Gasteiger partial charge in [-0.25, -0.2) is 0 Å². The molecule has 2 aromatic carbocycles. The molecule has 6 heteroatoms. The number of benzene rings is 2. The van der Waals surface area contributed by atoms with Crippen LogP contribution in [0.25, 0.3) is 16.6 Å². The topological polar surface area (TPSA) is 72.2 Å². The lowest BCUT2D eigenvalue weighted by molar-refractivity contribution is -0.112. The maximum absolute atomic E-state index is 13.2. The Labute approximate surface area is 179 Å². The van der Waals surface area contributed by atoms with Crippen LogP contribution in [-0.4, -0.2) is 28.9 Å². The summed E-state index contributed by atoms with van der Waals surface area (Å²) < 4.78 is 1.75. The van der Waals surface area contributed by atoms with E-state index in [-0.39, 0.29) is 0 Å². The molecule has 154 valence electrons. The summed E-state index contributed by atoms with van der Waals surface area (Å²) >= 11 is 0. The van der Waals surface area contributed by atoms with Gasteiger partial charge in [-0.05, 0) is 48.4 Å². The molecular formula is C25H21N3O3. The smallest absolute Gasteiger partial charge is 0.298 e. The predicted octanol–water partition coefficient (Wildman–Crippen LogP) is 4.80. The van der Waals surface area contributed by atoms with Crippen LogP contribution in [0.4, 0.5) is 5.69 Å². The summed E-state index contributed by atoms with van der Waals surface area (Å²) in [7, 11) is 1.48. The molecule has 6 nitrogen and oxygen atoms in total. The lowest BCUT2D eigenvalue weighted by Gasteiger charge is -2.08. The number of rotatable bonds is 6. The van der Waals surface area contributed by atoms with Crippen LogP contribution in [0, 0.1) is 0 Å². The molecular weight excluding hydrogens is 390 g/mol. The second-order valence-corrected chi connectivity index (χ2v) is 6.99. The Balaban J connectivity index is 1.65. The molecule has 1 N–H and O–H groups in total. The number of oxime groups is 1. The number of fused-ring (bicyclic) bond motifs is 1. The van der Waals surface area contributed by atoms with Gasteiger partial charge < -0.3 is 14.6 Å². The van der Waals surface area contributed by atoms with Crippen molar-refractivity contribution in [2.45, 2.75) is 6.92 Å². The highest BCUT2D eigenvalue weighted by Crippen LogP contribution is 2.28. The van der Waals surface area contributed by atoms with Crippen LogP contribution in [0.3, 0.4) is 0 Å². The van der Waals surface area contributed by atoms with E-state index < -0.39 is 11.7 Å². The first-order chi connectivity index (χ1) is 15.1. The zero-order valence-corrected chi connectivity index (χ0v) is 17.2. The molecule has 1 amide bonds. The number of amides is 1. The second kappa shape index (κ2) is 8.67. The fourth-order valence-corrected chi connectivity index (χ4v) is 3.47.